The maximum absolute atomic E-state index is 13.3. The van der Waals surface area contributed by atoms with Crippen LogP contribution in [0.4, 0.5) is 6.01 Å². The number of aliphatic hydroxyl groups is 2. The maximum Gasteiger partial charge on any atom is 0.300 e. The lowest BCUT2D eigenvalue weighted by molar-refractivity contribution is -0.0862. The van der Waals surface area contributed by atoms with E-state index in [1.54, 1.807) is 0 Å². The van der Waals surface area contributed by atoms with Crippen molar-refractivity contribution < 1.29 is 19.7 Å². The van der Waals surface area contributed by atoms with E-state index in [0.717, 1.165) is 32.4 Å². The summed E-state index contributed by atoms with van der Waals surface area (Å²) in [7, 11) is 0. The Bertz CT molecular complexity index is 1140. The summed E-state index contributed by atoms with van der Waals surface area (Å²) in [6.07, 6.45) is 1.29. The van der Waals surface area contributed by atoms with Crippen LogP contribution in [0.2, 0.25) is 0 Å². The van der Waals surface area contributed by atoms with Crippen molar-refractivity contribution in [1.29, 1.82) is 0 Å². The van der Waals surface area contributed by atoms with E-state index in [-0.39, 0.29) is 17.2 Å². The molecule has 9 heteroatoms. The van der Waals surface area contributed by atoms with Crippen molar-refractivity contribution >= 4 is 6.01 Å². The lowest BCUT2D eigenvalue weighted by atomic mass is 9.64. The van der Waals surface area contributed by atoms with E-state index in [1.807, 2.05) is 42.2 Å². The minimum Gasteiger partial charge on any atom is -0.491 e. The van der Waals surface area contributed by atoms with E-state index in [2.05, 4.69) is 10.1 Å². The van der Waals surface area contributed by atoms with Gasteiger partial charge in [0.05, 0.1) is 23.8 Å². The molecule has 2 fully saturated rings. The number of benzene rings is 1. The minimum absolute atomic E-state index is 0.0686. The standard InChI is InChI=1S/C23H28N4O5/c1-2-8-14-15(22(31)27(25-14)13-9-4-3-5-10-13)16-18(28)17(19(16)29)20-21(30)24-23(32-20)26-11-6-7-12-26/h3-5,9-10,16-19,25,28-30H,2,6-8,11-12H2,1H3. The highest BCUT2D eigenvalue weighted by Crippen LogP contribution is 2.50. The van der Waals surface area contributed by atoms with Crippen LogP contribution in [-0.2, 0) is 6.42 Å². The molecule has 4 N–H and O–H groups in total. The average Bonchev–Trinajstić information content (AvgIpc) is 3.52. The van der Waals surface area contributed by atoms with Crippen LogP contribution in [0.3, 0.4) is 0 Å². The van der Waals surface area contributed by atoms with Crippen molar-refractivity contribution in [2.24, 2.45) is 0 Å². The first-order valence-corrected chi connectivity index (χ1v) is 11.2. The first kappa shape index (κ1) is 20.8. The molecule has 2 unspecified atom stereocenters. The second-order valence-corrected chi connectivity index (χ2v) is 8.64. The van der Waals surface area contributed by atoms with Gasteiger partial charge >= 0.3 is 6.01 Å². The molecule has 3 heterocycles. The predicted octanol–water partition coefficient (Wildman–Crippen LogP) is 2.01. The van der Waals surface area contributed by atoms with E-state index < -0.39 is 24.0 Å². The molecule has 5 rings (SSSR count). The van der Waals surface area contributed by atoms with Crippen molar-refractivity contribution in [3.63, 3.8) is 0 Å². The third-order valence-corrected chi connectivity index (χ3v) is 6.63. The second kappa shape index (κ2) is 8.14. The highest BCUT2D eigenvalue weighted by Gasteiger charge is 2.55. The zero-order valence-electron chi connectivity index (χ0n) is 17.9. The molecule has 0 radical (unpaired) electrons. The summed E-state index contributed by atoms with van der Waals surface area (Å²) in [5.74, 6) is -1.88. The number of aliphatic hydroxyl groups excluding tert-OH is 2. The van der Waals surface area contributed by atoms with Crippen LogP contribution >= 0.6 is 0 Å². The molecule has 3 aromatic rings. The topological polar surface area (TPSA) is 128 Å². The number of nitrogens with zero attached hydrogens (tertiary/aromatic N) is 3. The van der Waals surface area contributed by atoms with Crippen LogP contribution in [0, 0.1) is 0 Å². The van der Waals surface area contributed by atoms with E-state index in [1.165, 1.54) is 4.68 Å². The maximum atomic E-state index is 13.3. The van der Waals surface area contributed by atoms with E-state index in [0.29, 0.717) is 29.4 Å². The zero-order valence-corrected chi connectivity index (χ0v) is 17.9. The van der Waals surface area contributed by atoms with Crippen LogP contribution in [0.5, 0.6) is 5.88 Å². The third-order valence-electron chi connectivity index (χ3n) is 6.63. The molecule has 1 aliphatic heterocycles. The molecule has 1 aromatic carbocycles. The quantitative estimate of drug-likeness (QED) is 0.462. The molecule has 9 nitrogen and oxygen atoms in total. The number of aryl methyl sites for hydroxylation is 1. The van der Waals surface area contributed by atoms with Crippen LogP contribution in [-0.4, -0.2) is 55.4 Å². The molecular weight excluding hydrogens is 412 g/mol. The Kier molecular flexibility index (Phi) is 5.30. The van der Waals surface area contributed by atoms with Gasteiger partial charge in [-0.3, -0.25) is 9.89 Å². The lowest BCUT2D eigenvalue weighted by Crippen LogP contribution is -2.53. The summed E-state index contributed by atoms with van der Waals surface area (Å²) in [5.41, 5.74) is 1.47. The molecule has 170 valence electrons. The number of H-pyrrole nitrogens is 1. The fraction of sp³-hybridized carbons (Fsp3) is 0.478. The SMILES string of the molecule is CCCc1[nH]n(-c2ccccc2)c(=O)c1C1C(O)C(c2oc(N3CCCC3)nc2O)C1O. The minimum atomic E-state index is -1.08. The van der Waals surface area contributed by atoms with E-state index in [9.17, 15) is 20.1 Å². The molecule has 0 amide bonds. The Hall–Kier alpha value is -3.04. The number of hydrogen-bond acceptors (Lipinski definition) is 7. The average molecular weight is 441 g/mol. The summed E-state index contributed by atoms with van der Waals surface area (Å²) in [6.45, 7) is 3.59. The normalized spacial score (nSPS) is 25.3. The molecule has 0 bridgehead atoms. The van der Waals surface area contributed by atoms with Crippen molar-refractivity contribution in [2.45, 2.75) is 56.7 Å². The van der Waals surface area contributed by atoms with E-state index in [4.69, 9.17) is 4.42 Å². The molecule has 2 aromatic heterocycles. The zero-order chi connectivity index (χ0) is 22.4. The number of hydrogen-bond donors (Lipinski definition) is 4. The van der Waals surface area contributed by atoms with Gasteiger partial charge in [0, 0.05) is 30.3 Å². The van der Waals surface area contributed by atoms with Gasteiger partial charge in [-0.25, -0.2) is 4.68 Å². The number of oxazole rings is 1. The molecule has 1 saturated carbocycles. The third kappa shape index (κ3) is 3.23. The molecule has 2 atom stereocenters. The van der Waals surface area contributed by atoms with Crippen LogP contribution < -0.4 is 10.5 Å². The number of nitrogens with one attached hydrogen (secondary N) is 1. The van der Waals surface area contributed by atoms with Crippen LogP contribution in [0.1, 0.15) is 55.0 Å². The smallest absolute Gasteiger partial charge is 0.300 e. The van der Waals surface area contributed by atoms with Gasteiger partial charge in [-0.15, -0.1) is 0 Å². The molecule has 1 saturated heterocycles. The Morgan fingerprint density at radius 3 is 2.47 bits per heavy atom. The van der Waals surface area contributed by atoms with Crippen LogP contribution in [0.25, 0.3) is 5.69 Å². The van der Waals surface area contributed by atoms with Crippen molar-refractivity contribution in [3.8, 4) is 11.6 Å². The lowest BCUT2D eigenvalue weighted by Gasteiger charge is -2.44. The molecule has 1 aliphatic carbocycles. The van der Waals surface area contributed by atoms with Gasteiger partial charge in [0.1, 0.15) is 0 Å². The summed E-state index contributed by atoms with van der Waals surface area (Å²) in [6, 6.07) is 9.50. The van der Waals surface area contributed by atoms with Gasteiger partial charge in [0.2, 0.25) is 0 Å². The summed E-state index contributed by atoms with van der Waals surface area (Å²) in [4.78, 5) is 19.3. The molecular formula is C23H28N4O5. The second-order valence-electron chi connectivity index (χ2n) is 8.64. The number of anilines is 1. The Morgan fingerprint density at radius 1 is 1.12 bits per heavy atom. The number of aromatic hydroxyl groups is 1. The largest absolute Gasteiger partial charge is 0.491 e. The Labute approximate surface area is 184 Å². The monoisotopic (exact) mass is 440 g/mol. The highest BCUT2D eigenvalue weighted by molar-refractivity contribution is 5.42. The fourth-order valence-corrected chi connectivity index (χ4v) is 4.97. The predicted molar refractivity (Wildman–Crippen MR) is 117 cm³/mol. The fourth-order valence-electron chi connectivity index (χ4n) is 4.97. The van der Waals surface area contributed by atoms with Gasteiger partial charge in [-0.05, 0) is 31.4 Å². The summed E-state index contributed by atoms with van der Waals surface area (Å²) < 4.78 is 7.21. The van der Waals surface area contributed by atoms with Gasteiger partial charge in [0.25, 0.3) is 11.4 Å². The number of aromatic amines is 1. The van der Waals surface area contributed by atoms with Gasteiger partial charge in [0.15, 0.2) is 5.76 Å². The van der Waals surface area contributed by atoms with Gasteiger partial charge in [-0.2, -0.15) is 4.98 Å². The number of para-hydroxylation sites is 1. The highest BCUT2D eigenvalue weighted by atomic mass is 16.4. The van der Waals surface area contributed by atoms with Gasteiger partial charge < -0.3 is 24.6 Å². The summed E-state index contributed by atoms with van der Waals surface area (Å²) in [5, 5.41) is 35.5. The van der Waals surface area contributed by atoms with E-state index >= 15 is 0 Å². The Balaban J connectivity index is 1.47. The first-order valence-electron chi connectivity index (χ1n) is 11.2. The molecule has 2 aliphatic rings. The Morgan fingerprint density at radius 2 is 1.81 bits per heavy atom. The number of rotatable bonds is 6. The molecule has 32 heavy (non-hydrogen) atoms. The van der Waals surface area contributed by atoms with Crippen molar-refractivity contribution in [3.05, 3.63) is 57.7 Å². The van der Waals surface area contributed by atoms with Crippen LogP contribution in [0.15, 0.2) is 39.5 Å². The number of aromatic nitrogens is 3. The van der Waals surface area contributed by atoms with Gasteiger partial charge in [-0.1, -0.05) is 31.5 Å². The molecule has 0 spiro atoms. The van der Waals surface area contributed by atoms with Crippen molar-refractivity contribution in [2.75, 3.05) is 18.0 Å². The van der Waals surface area contributed by atoms with Crippen molar-refractivity contribution in [1.82, 2.24) is 14.8 Å². The first-order chi connectivity index (χ1) is 15.5. The summed E-state index contributed by atoms with van der Waals surface area (Å²) >= 11 is 0.